The largest absolute Gasteiger partial charge is 0.494 e. The summed E-state index contributed by atoms with van der Waals surface area (Å²) in [4.78, 5) is 4.58. The summed E-state index contributed by atoms with van der Waals surface area (Å²) in [5.41, 5.74) is 7.86. The summed E-state index contributed by atoms with van der Waals surface area (Å²) >= 11 is 0. The van der Waals surface area contributed by atoms with Gasteiger partial charge in [-0.25, -0.2) is 4.98 Å². The molecular weight excluding hydrogens is 226 g/mol. The van der Waals surface area contributed by atoms with Gasteiger partial charge in [-0.2, -0.15) is 0 Å². The van der Waals surface area contributed by atoms with E-state index in [0.29, 0.717) is 6.54 Å². The quantitative estimate of drug-likeness (QED) is 0.854. The number of hydrogen-bond donors (Lipinski definition) is 1. The first-order valence-corrected chi connectivity index (χ1v) is 6.62. The van der Waals surface area contributed by atoms with Crippen LogP contribution in [-0.2, 0) is 13.1 Å². The lowest BCUT2D eigenvalue weighted by Crippen LogP contribution is -2.08. The van der Waals surface area contributed by atoms with Crippen LogP contribution in [0.5, 0.6) is 5.75 Å². The summed E-state index contributed by atoms with van der Waals surface area (Å²) in [5, 5.41) is 0. The Morgan fingerprint density at radius 1 is 1.28 bits per heavy atom. The van der Waals surface area contributed by atoms with Gasteiger partial charge >= 0.3 is 0 Å². The molecule has 2 rings (SSSR count). The van der Waals surface area contributed by atoms with Crippen LogP contribution in [0, 0.1) is 0 Å². The van der Waals surface area contributed by atoms with Gasteiger partial charge in [0.05, 0.1) is 24.2 Å². The first kappa shape index (κ1) is 12.9. The molecule has 2 N–H and O–H groups in total. The summed E-state index contributed by atoms with van der Waals surface area (Å²) in [7, 11) is 0. The molecule has 0 saturated heterocycles. The van der Waals surface area contributed by atoms with E-state index in [2.05, 4.69) is 29.5 Å². The molecule has 1 aromatic carbocycles. The molecule has 0 aliphatic rings. The molecule has 0 radical (unpaired) electrons. The molecule has 1 aromatic heterocycles. The first-order valence-electron chi connectivity index (χ1n) is 6.62. The van der Waals surface area contributed by atoms with Crippen molar-refractivity contribution in [2.24, 2.45) is 5.73 Å². The van der Waals surface area contributed by atoms with E-state index in [-0.39, 0.29) is 0 Å². The molecule has 0 spiro atoms. The number of fused-ring (bicyclic) bond motifs is 1. The van der Waals surface area contributed by atoms with E-state index >= 15 is 0 Å². The van der Waals surface area contributed by atoms with Crippen molar-refractivity contribution < 1.29 is 4.74 Å². The van der Waals surface area contributed by atoms with Gasteiger partial charge in [-0.3, -0.25) is 0 Å². The van der Waals surface area contributed by atoms with Crippen LogP contribution in [0.3, 0.4) is 0 Å². The summed E-state index contributed by atoms with van der Waals surface area (Å²) in [6, 6.07) is 6.07. The molecule has 98 valence electrons. The number of aromatic nitrogens is 2. The van der Waals surface area contributed by atoms with E-state index in [1.165, 1.54) is 0 Å². The average molecular weight is 247 g/mol. The second-order valence-electron chi connectivity index (χ2n) is 4.38. The maximum atomic E-state index is 5.75. The van der Waals surface area contributed by atoms with Gasteiger partial charge in [0.2, 0.25) is 0 Å². The predicted octanol–water partition coefficient (Wildman–Crippen LogP) is 2.69. The lowest BCUT2D eigenvalue weighted by atomic mass is 10.3. The standard InChI is InChI=1S/C14H21N3O/c1-3-7-17-13-6-5-11(18-8-4-2)9-12(13)16-14(17)10-15/h5-6,9H,3-4,7-8,10,15H2,1-2H3. The van der Waals surface area contributed by atoms with Gasteiger partial charge in [0.1, 0.15) is 11.6 Å². The van der Waals surface area contributed by atoms with Crippen LogP contribution < -0.4 is 10.5 Å². The molecule has 4 nitrogen and oxygen atoms in total. The van der Waals surface area contributed by atoms with Crippen molar-refractivity contribution in [3.63, 3.8) is 0 Å². The van der Waals surface area contributed by atoms with E-state index < -0.39 is 0 Å². The molecule has 0 aliphatic carbocycles. The van der Waals surface area contributed by atoms with E-state index in [1.807, 2.05) is 12.1 Å². The molecule has 0 aliphatic heterocycles. The number of aryl methyl sites for hydroxylation is 1. The van der Waals surface area contributed by atoms with E-state index in [1.54, 1.807) is 0 Å². The third kappa shape index (κ3) is 2.48. The fraction of sp³-hybridized carbons (Fsp3) is 0.500. The Hall–Kier alpha value is -1.55. The zero-order chi connectivity index (χ0) is 13.0. The average Bonchev–Trinajstić information content (AvgIpc) is 2.74. The molecular formula is C14H21N3O. The fourth-order valence-electron chi connectivity index (χ4n) is 2.10. The fourth-order valence-corrected chi connectivity index (χ4v) is 2.10. The number of ether oxygens (including phenoxy) is 1. The molecule has 0 saturated carbocycles. The maximum Gasteiger partial charge on any atom is 0.123 e. The Labute approximate surface area is 108 Å². The highest BCUT2D eigenvalue weighted by Gasteiger charge is 2.09. The Balaban J connectivity index is 2.38. The van der Waals surface area contributed by atoms with Crippen molar-refractivity contribution >= 4 is 11.0 Å². The normalized spacial score (nSPS) is 11.1. The third-order valence-corrected chi connectivity index (χ3v) is 2.90. The van der Waals surface area contributed by atoms with E-state index in [9.17, 15) is 0 Å². The SMILES string of the molecule is CCCOc1ccc2c(c1)nc(CN)n2CCC. The molecule has 0 bridgehead atoms. The van der Waals surface area contributed by atoms with Gasteiger partial charge in [-0.15, -0.1) is 0 Å². The monoisotopic (exact) mass is 247 g/mol. The van der Waals surface area contributed by atoms with Crippen LogP contribution in [0.25, 0.3) is 11.0 Å². The number of nitrogens with zero attached hydrogens (tertiary/aromatic N) is 2. The van der Waals surface area contributed by atoms with Crippen LogP contribution in [0.15, 0.2) is 18.2 Å². The first-order chi connectivity index (χ1) is 8.80. The summed E-state index contributed by atoms with van der Waals surface area (Å²) in [6.07, 6.45) is 2.09. The van der Waals surface area contributed by atoms with Gasteiger partial charge in [0.25, 0.3) is 0 Å². The Morgan fingerprint density at radius 3 is 2.78 bits per heavy atom. The van der Waals surface area contributed by atoms with Crippen LogP contribution in [0.2, 0.25) is 0 Å². The van der Waals surface area contributed by atoms with Gasteiger partial charge in [-0.05, 0) is 25.0 Å². The van der Waals surface area contributed by atoms with Gasteiger partial charge < -0.3 is 15.0 Å². The van der Waals surface area contributed by atoms with Crippen LogP contribution in [0.4, 0.5) is 0 Å². The zero-order valence-electron chi connectivity index (χ0n) is 11.1. The lowest BCUT2D eigenvalue weighted by Gasteiger charge is -2.06. The third-order valence-electron chi connectivity index (χ3n) is 2.90. The smallest absolute Gasteiger partial charge is 0.123 e. The summed E-state index contributed by atoms with van der Waals surface area (Å²) < 4.78 is 7.82. The molecule has 1 heterocycles. The van der Waals surface area contributed by atoms with Crippen molar-refractivity contribution in [1.29, 1.82) is 0 Å². The minimum absolute atomic E-state index is 0.472. The minimum Gasteiger partial charge on any atom is -0.494 e. The number of benzene rings is 1. The van der Waals surface area contributed by atoms with Crippen molar-refractivity contribution in [3.8, 4) is 5.75 Å². The van der Waals surface area contributed by atoms with E-state index in [0.717, 1.165) is 48.6 Å². The molecule has 2 aromatic rings. The molecule has 0 unspecified atom stereocenters. The van der Waals surface area contributed by atoms with Crippen LogP contribution >= 0.6 is 0 Å². The minimum atomic E-state index is 0.472. The van der Waals surface area contributed by atoms with Crippen LogP contribution in [-0.4, -0.2) is 16.2 Å². The second kappa shape index (κ2) is 5.87. The topological polar surface area (TPSA) is 53.1 Å². The van der Waals surface area contributed by atoms with Crippen LogP contribution in [0.1, 0.15) is 32.5 Å². The molecule has 0 fully saturated rings. The number of rotatable bonds is 6. The van der Waals surface area contributed by atoms with Crippen molar-refractivity contribution in [2.45, 2.75) is 39.8 Å². The van der Waals surface area contributed by atoms with Gasteiger partial charge in [0, 0.05) is 12.6 Å². The highest BCUT2D eigenvalue weighted by molar-refractivity contribution is 5.77. The van der Waals surface area contributed by atoms with E-state index in [4.69, 9.17) is 10.5 Å². The maximum absolute atomic E-state index is 5.75. The molecule has 4 heteroatoms. The molecule has 18 heavy (non-hydrogen) atoms. The van der Waals surface area contributed by atoms with Crippen molar-refractivity contribution in [2.75, 3.05) is 6.61 Å². The number of hydrogen-bond acceptors (Lipinski definition) is 3. The van der Waals surface area contributed by atoms with Crippen molar-refractivity contribution in [3.05, 3.63) is 24.0 Å². The highest BCUT2D eigenvalue weighted by Crippen LogP contribution is 2.22. The molecule has 0 amide bonds. The number of imidazole rings is 1. The Bertz CT molecular complexity index is 519. The number of nitrogens with two attached hydrogens (primary N) is 1. The summed E-state index contributed by atoms with van der Waals surface area (Å²) in [6.45, 7) is 6.43. The second-order valence-corrected chi connectivity index (χ2v) is 4.38. The highest BCUT2D eigenvalue weighted by atomic mass is 16.5. The van der Waals surface area contributed by atoms with Gasteiger partial charge in [0.15, 0.2) is 0 Å². The predicted molar refractivity (Wildman–Crippen MR) is 73.7 cm³/mol. The lowest BCUT2D eigenvalue weighted by molar-refractivity contribution is 0.318. The Kier molecular flexibility index (Phi) is 4.20. The van der Waals surface area contributed by atoms with Crippen molar-refractivity contribution in [1.82, 2.24) is 9.55 Å². The summed E-state index contributed by atoms with van der Waals surface area (Å²) in [5.74, 6) is 1.83. The zero-order valence-corrected chi connectivity index (χ0v) is 11.1. The van der Waals surface area contributed by atoms with Gasteiger partial charge in [-0.1, -0.05) is 13.8 Å². The molecule has 0 atom stereocenters. The Morgan fingerprint density at radius 2 is 2.11 bits per heavy atom.